The van der Waals surface area contributed by atoms with Crippen LogP contribution in [0.25, 0.3) is 27.6 Å². The molecule has 8 nitrogen and oxygen atoms in total. The van der Waals surface area contributed by atoms with Gasteiger partial charge in [-0.1, -0.05) is 30.3 Å². The lowest BCUT2D eigenvalue weighted by molar-refractivity contribution is -0.117. The van der Waals surface area contributed by atoms with Crippen molar-refractivity contribution in [2.24, 2.45) is 0 Å². The van der Waals surface area contributed by atoms with Gasteiger partial charge < -0.3 is 5.32 Å². The van der Waals surface area contributed by atoms with Crippen LogP contribution < -0.4 is 10.9 Å². The van der Waals surface area contributed by atoms with Crippen molar-refractivity contribution in [2.45, 2.75) is 20.4 Å². The number of thiazole rings is 1. The number of hydrogen-bond donors (Lipinski definition) is 1. The van der Waals surface area contributed by atoms with Crippen molar-refractivity contribution in [3.05, 3.63) is 99.7 Å². The van der Waals surface area contributed by atoms with E-state index in [1.807, 2.05) is 37.4 Å². The van der Waals surface area contributed by atoms with Crippen molar-refractivity contribution in [3.63, 3.8) is 0 Å². The fourth-order valence-electron chi connectivity index (χ4n) is 3.82. The highest BCUT2D eigenvalue weighted by Gasteiger charge is 2.15. The third-order valence-electron chi connectivity index (χ3n) is 5.46. The largest absolute Gasteiger partial charge is 0.324 e. The van der Waals surface area contributed by atoms with Gasteiger partial charge in [-0.3, -0.25) is 9.59 Å². The number of hydrogen-bond acceptors (Lipinski definition) is 6. The molecule has 180 valence electrons. The van der Waals surface area contributed by atoms with Gasteiger partial charge in [0.15, 0.2) is 5.82 Å². The van der Waals surface area contributed by atoms with Crippen LogP contribution in [0.5, 0.6) is 0 Å². The molecule has 3 heterocycles. The maximum atomic E-state index is 14.2. The van der Waals surface area contributed by atoms with E-state index in [1.165, 1.54) is 23.5 Å². The molecule has 0 saturated heterocycles. The molecule has 10 heteroatoms. The number of nitrogens with zero attached hydrogens (tertiary/aromatic N) is 5. The van der Waals surface area contributed by atoms with E-state index in [2.05, 4.69) is 20.5 Å². The molecule has 2 aromatic carbocycles. The Hall–Kier alpha value is -4.44. The van der Waals surface area contributed by atoms with Crippen LogP contribution in [0.4, 0.5) is 10.1 Å². The second-order valence-electron chi connectivity index (χ2n) is 8.14. The van der Waals surface area contributed by atoms with Crippen LogP contribution in [0.3, 0.4) is 0 Å². The summed E-state index contributed by atoms with van der Waals surface area (Å²) in [6.45, 7) is 3.47. The second kappa shape index (κ2) is 9.67. The third-order valence-corrected chi connectivity index (χ3v) is 6.33. The van der Waals surface area contributed by atoms with Gasteiger partial charge in [0.25, 0.3) is 5.56 Å². The topological polar surface area (TPSA) is 94.7 Å². The highest BCUT2D eigenvalue weighted by Crippen LogP contribution is 2.33. The van der Waals surface area contributed by atoms with E-state index in [0.29, 0.717) is 33.3 Å². The van der Waals surface area contributed by atoms with Crippen LogP contribution in [0.15, 0.2) is 76.9 Å². The predicted molar refractivity (Wildman–Crippen MR) is 137 cm³/mol. The van der Waals surface area contributed by atoms with E-state index in [1.54, 1.807) is 41.1 Å². The first kappa shape index (κ1) is 23.3. The Morgan fingerprint density at radius 2 is 1.75 bits per heavy atom. The summed E-state index contributed by atoms with van der Waals surface area (Å²) in [4.78, 5) is 29.9. The Labute approximate surface area is 209 Å². The summed E-state index contributed by atoms with van der Waals surface area (Å²) in [6, 6.07) is 18.5. The Morgan fingerprint density at radius 3 is 2.50 bits per heavy atom. The second-order valence-corrected chi connectivity index (χ2v) is 9.00. The molecule has 0 bridgehead atoms. The van der Waals surface area contributed by atoms with Crippen molar-refractivity contribution in [1.29, 1.82) is 0 Å². The molecule has 3 aromatic heterocycles. The van der Waals surface area contributed by atoms with Gasteiger partial charge in [0, 0.05) is 28.3 Å². The van der Waals surface area contributed by atoms with E-state index in [0.717, 1.165) is 16.1 Å². The molecular weight excluding hydrogens is 479 g/mol. The minimum absolute atomic E-state index is 0.280. The first-order valence-corrected chi connectivity index (χ1v) is 12.0. The quantitative estimate of drug-likeness (QED) is 0.367. The van der Waals surface area contributed by atoms with Gasteiger partial charge >= 0.3 is 0 Å². The van der Waals surface area contributed by atoms with Crippen molar-refractivity contribution in [3.8, 4) is 27.6 Å². The van der Waals surface area contributed by atoms with Gasteiger partial charge in [0.05, 0.1) is 17.1 Å². The standard InChI is InChI=1S/C26H21FN6O2S/c1-16-13-17(2)33(30-16)23-11-12-25(35)32(31-23)14-24(34)28-21-10-6-4-8-19(21)22-15-36-26(29-22)18-7-3-5-9-20(18)27/h3-13,15H,14H2,1-2H3,(H,28,34). The minimum Gasteiger partial charge on any atom is -0.324 e. The zero-order valence-electron chi connectivity index (χ0n) is 19.5. The number of carbonyl (C=O) groups is 1. The SMILES string of the molecule is Cc1cc(C)n(-c2ccc(=O)n(CC(=O)Nc3ccccc3-c3csc(-c4ccccc4F)n3)n2)n1. The number of rotatable bonds is 6. The summed E-state index contributed by atoms with van der Waals surface area (Å²) in [5, 5.41) is 13.9. The average molecular weight is 501 g/mol. The maximum Gasteiger partial charge on any atom is 0.267 e. The normalized spacial score (nSPS) is 11.0. The number of carbonyl (C=O) groups excluding carboxylic acids is 1. The van der Waals surface area contributed by atoms with E-state index < -0.39 is 11.5 Å². The lowest BCUT2D eigenvalue weighted by Crippen LogP contribution is -2.30. The van der Waals surface area contributed by atoms with E-state index in [9.17, 15) is 14.0 Å². The van der Waals surface area contributed by atoms with E-state index >= 15 is 0 Å². The first-order chi connectivity index (χ1) is 17.4. The molecule has 36 heavy (non-hydrogen) atoms. The molecule has 1 amide bonds. The number of aryl methyl sites for hydroxylation is 2. The Morgan fingerprint density at radius 1 is 1.00 bits per heavy atom. The summed E-state index contributed by atoms with van der Waals surface area (Å²) >= 11 is 1.32. The number of nitrogens with one attached hydrogen (secondary N) is 1. The molecule has 0 aliphatic heterocycles. The zero-order valence-corrected chi connectivity index (χ0v) is 20.3. The third kappa shape index (κ3) is 4.71. The maximum absolute atomic E-state index is 14.2. The molecule has 0 spiro atoms. The number of para-hydroxylation sites is 1. The van der Waals surface area contributed by atoms with Gasteiger partial charge in [0.2, 0.25) is 5.91 Å². The van der Waals surface area contributed by atoms with Gasteiger partial charge in [-0.2, -0.15) is 5.10 Å². The van der Waals surface area contributed by atoms with Crippen molar-refractivity contribution in [1.82, 2.24) is 24.5 Å². The van der Waals surface area contributed by atoms with Gasteiger partial charge in [-0.05, 0) is 44.2 Å². The fraction of sp³-hybridized carbons (Fsp3) is 0.115. The summed E-state index contributed by atoms with van der Waals surface area (Å²) < 4.78 is 16.9. The van der Waals surface area contributed by atoms with Gasteiger partial charge in [0.1, 0.15) is 17.4 Å². The summed E-state index contributed by atoms with van der Waals surface area (Å²) in [6.07, 6.45) is 0. The number of halogens is 1. The van der Waals surface area contributed by atoms with E-state index in [-0.39, 0.29) is 12.4 Å². The van der Waals surface area contributed by atoms with Crippen LogP contribution in [0, 0.1) is 19.7 Å². The minimum atomic E-state index is -0.424. The molecule has 0 atom stereocenters. The van der Waals surface area contributed by atoms with E-state index in [4.69, 9.17) is 0 Å². The van der Waals surface area contributed by atoms with Crippen LogP contribution >= 0.6 is 11.3 Å². The van der Waals surface area contributed by atoms with Gasteiger partial charge in [-0.25, -0.2) is 18.7 Å². The molecule has 0 radical (unpaired) electrons. The smallest absolute Gasteiger partial charge is 0.267 e. The molecule has 0 aliphatic carbocycles. The van der Waals surface area contributed by atoms with Crippen LogP contribution in [0.2, 0.25) is 0 Å². The highest BCUT2D eigenvalue weighted by molar-refractivity contribution is 7.13. The number of benzene rings is 2. The molecule has 5 aromatic rings. The van der Waals surface area contributed by atoms with Crippen molar-refractivity contribution in [2.75, 3.05) is 5.32 Å². The molecular formula is C26H21FN6O2S. The number of aromatic nitrogens is 5. The lowest BCUT2D eigenvalue weighted by atomic mass is 10.1. The Bertz CT molecular complexity index is 1640. The molecule has 0 fully saturated rings. The molecule has 0 aliphatic rings. The average Bonchev–Trinajstić information content (AvgIpc) is 3.47. The van der Waals surface area contributed by atoms with Crippen LogP contribution in [-0.4, -0.2) is 30.5 Å². The van der Waals surface area contributed by atoms with Crippen LogP contribution in [-0.2, 0) is 11.3 Å². The highest BCUT2D eigenvalue weighted by atomic mass is 32.1. The zero-order chi connectivity index (χ0) is 25.2. The summed E-state index contributed by atoms with van der Waals surface area (Å²) in [5.74, 6) is -0.329. The van der Waals surface area contributed by atoms with Crippen molar-refractivity contribution < 1.29 is 9.18 Å². The Balaban J connectivity index is 1.38. The monoisotopic (exact) mass is 500 g/mol. The molecule has 0 saturated carbocycles. The summed E-state index contributed by atoms with van der Waals surface area (Å²) in [5.41, 5.74) is 3.51. The molecule has 5 rings (SSSR count). The predicted octanol–water partition coefficient (Wildman–Crippen LogP) is 4.61. The fourth-order valence-corrected chi connectivity index (χ4v) is 4.67. The molecule has 0 unspecified atom stereocenters. The number of amides is 1. The van der Waals surface area contributed by atoms with Crippen LogP contribution in [0.1, 0.15) is 11.4 Å². The Kier molecular flexibility index (Phi) is 6.26. The van der Waals surface area contributed by atoms with Gasteiger partial charge in [-0.15, -0.1) is 16.4 Å². The van der Waals surface area contributed by atoms with Crippen molar-refractivity contribution >= 4 is 22.9 Å². The number of anilines is 1. The molecule has 1 N–H and O–H groups in total. The summed E-state index contributed by atoms with van der Waals surface area (Å²) in [7, 11) is 0. The lowest BCUT2D eigenvalue weighted by Gasteiger charge is -2.11. The first-order valence-electron chi connectivity index (χ1n) is 11.1.